The summed E-state index contributed by atoms with van der Waals surface area (Å²) in [6.07, 6.45) is 1.10. The van der Waals surface area contributed by atoms with Gasteiger partial charge >= 0.3 is 0 Å². The van der Waals surface area contributed by atoms with Gasteiger partial charge in [-0.2, -0.15) is 4.31 Å². The number of nitrogens with zero attached hydrogens (tertiary/aromatic N) is 1. The second-order valence-electron chi connectivity index (χ2n) is 4.75. The molecule has 1 heterocycles. The molecule has 0 bridgehead atoms. The van der Waals surface area contributed by atoms with Crippen molar-refractivity contribution < 1.29 is 13.2 Å². The number of piperidine rings is 1. The van der Waals surface area contributed by atoms with Gasteiger partial charge in [-0.25, -0.2) is 8.42 Å². The molecule has 0 radical (unpaired) electrons. The molecule has 0 unspecified atom stereocenters. The van der Waals surface area contributed by atoms with E-state index in [2.05, 4.69) is 0 Å². The van der Waals surface area contributed by atoms with Crippen LogP contribution in [0.5, 0.6) is 0 Å². The fourth-order valence-electron chi connectivity index (χ4n) is 2.14. The largest absolute Gasteiger partial charge is 0.298 e. The Kier molecular flexibility index (Phi) is 3.54. The topological polar surface area (TPSA) is 54.5 Å². The van der Waals surface area contributed by atoms with Crippen molar-refractivity contribution in [2.24, 2.45) is 0 Å². The molecule has 0 N–H and O–H groups in total. The first kappa shape index (κ1) is 13.2. The van der Waals surface area contributed by atoms with E-state index in [4.69, 9.17) is 0 Å². The van der Waals surface area contributed by atoms with Gasteiger partial charge < -0.3 is 0 Å². The Balaban J connectivity index is 2.41. The average molecular weight is 267 g/mol. The Morgan fingerprint density at radius 1 is 1.22 bits per heavy atom. The van der Waals surface area contributed by atoms with Gasteiger partial charge in [0.2, 0.25) is 10.0 Å². The van der Waals surface area contributed by atoms with Crippen molar-refractivity contribution in [3.63, 3.8) is 0 Å². The first-order valence-corrected chi connectivity index (χ1v) is 7.44. The van der Waals surface area contributed by atoms with Crippen LogP contribution in [0.25, 0.3) is 0 Å². The summed E-state index contributed by atoms with van der Waals surface area (Å²) in [4.78, 5) is 11.7. The molecule has 2 rings (SSSR count). The number of aryl methyl sites for hydroxylation is 2. The van der Waals surface area contributed by atoms with E-state index < -0.39 is 10.0 Å². The molecule has 98 valence electrons. The van der Waals surface area contributed by atoms with Crippen molar-refractivity contribution in [1.29, 1.82) is 0 Å². The Labute approximate surface area is 108 Å². The van der Waals surface area contributed by atoms with Crippen molar-refractivity contribution in [3.05, 3.63) is 29.3 Å². The van der Waals surface area contributed by atoms with Gasteiger partial charge in [0.15, 0.2) is 0 Å². The van der Waals surface area contributed by atoms with Gasteiger partial charge in [0.1, 0.15) is 5.78 Å². The highest BCUT2D eigenvalue weighted by Crippen LogP contribution is 2.23. The zero-order valence-electron chi connectivity index (χ0n) is 10.6. The van der Waals surface area contributed by atoms with Crippen molar-refractivity contribution in [3.8, 4) is 0 Å². The quantitative estimate of drug-likeness (QED) is 0.819. The molecule has 1 aromatic rings. The number of hydrogen-bond acceptors (Lipinski definition) is 3. The van der Waals surface area contributed by atoms with E-state index in [0.29, 0.717) is 24.3 Å². The summed E-state index contributed by atoms with van der Waals surface area (Å²) in [6.45, 7) is 4.08. The maximum Gasteiger partial charge on any atom is 0.243 e. The molecule has 0 saturated carbocycles. The van der Waals surface area contributed by atoms with Gasteiger partial charge in [0, 0.05) is 13.0 Å². The van der Waals surface area contributed by atoms with Gasteiger partial charge in [-0.05, 0) is 37.5 Å². The molecule has 0 spiro atoms. The molecule has 1 aliphatic rings. The Morgan fingerprint density at radius 3 is 2.61 bits per heavy atom. The minimum atomic E-state index is -3.54. The van der Waals surface area contributed by atoms with E-state index in [1.165, 1.54) is 4.31 Å². The summed E-state index contributed by atoms with van der Waals surface area (Å²) in [7, 11) is -3.54. The molecule has 4 nitrogen and oxygen atoms in total. The highest BCUT2D eigenvalue weighted by Gasteiger charge is 2.30. The van der Waals surface area contributed by atoms with Crippen LogP contribution in [0.15, 0.2) is 23.1 Å². The third kappa shape index (κ3) is 2.47. The molecule has 1 saturated heterocycles. The van der Waals surface area contributed by atoms with Gasteiger partial charge in [-0.15, -0.1) is 0 Å². The number of Topliss-reactive ketones (excluding diaryl/α,β-unsaturated/α-hetero) is 1. The molecule has 5 heteroatoms. The lowest BCUT2D eigenvalue weighted by Gasteiger charge is -2.25. The zero-order chi connectivity index (χ0) is 13.3. The second-order valence-corrected chi connectivity index (χ2v) is 6.66. The summed E-state index contributed by atoms with van der Waals surface area (Å²) in [6, 6.07) is 5.35. The van der Waals surface area contributed by atoms with E-state index >= 15 is 0 Å². The highest BCUT2D eigenvalue weighted by molar-refractivity contribution is 7.89. The van der Waals surface area contributed by atoms with Crippen LogP contribution >= 0.6 is 0 Å². The van der Waals surface area contributed by atoms with E-state index in [1.54, 1.807) is 19.1 Å². The summed E-state index contributed by atoms with van der Waals surface area (Å²) in [5.74, 6) is -0.00451. The number of sulfonamides is 1. The SMILES string of the molecule is Cc1ccc(C)c(S(=O)(=O)N2CCCC(=O)C2)c1. The highest BCUT2D eigenvalue weighted by atomic mass is 32.2. The van der Waals surface area contributed by atoms with Crippen LogP contribution in [0.4, 0.5) is 0 Å². The van der Waals surface area contributed by atoms with Crippen molar-refractivity contribution in [2.75, 3.05) is 13.1 Å². The van der Waals surface area contributed by atoms with Gasteiger partial charge in [0.05, 0.1) is 11.4 Å². The van der Waals surface area contributed by atoms with E-state index in [0.717, 1.165) is 11.1 Å². The normalized spacial score (nSPS) is 18.0. The maximum atomic E-state index is 12.5. The Bertz CT molecular complexity index is 578. The summed E-state index contributed by atoms with van der Waals surface area (Å²) < 4.78 is 26.3. The first-order chi connectivity index (χ1) is 8.41. The fourth-order valence-corrected chi connectivity index (χ4v) is 3.91. The monoisotopic (exact) mass is 267 g/mol. The average Bonchev–Trinajstić information content (AvgIpc) is 2.32. The van der Waals surface area contributed by atoms with Crippen LogP contribution in [0.2, 0.25) is 0 Å². The van der Waals surface area contributed by atoms with E-state index in [9.17, 15) is 13.2 Å². The summed E-state index contributed by atoms with van der Waals surface area (Å²) in [5.41, 5.74) is 1.63. The molecule has 1 fully saturated rings. The third-order valence-electron chi connectivity index (χ3n) is 3.18. The van der Waals surface area contributed by atoms with Crippen LogP contribution < -0.4 is 0 Å². The summed E-state index contributed by atoms with van der Waals surface area (Å²) in [5, 5.41) is 0. The Hall–Kier alpha value is -1.20. The maximum absolute atomic E-state index is 12.5. The lowest BCUT2D eigenvalue weighted by atomic mass is 10.1. The van der Waals surface area contributed by atoms with Crippen LogP contribution in [0.3, 0.4) is 0 Å². The van der Waals surface area contributed by atoms with Gasteiger partial charge in [-0.3, -0.25) is 4.79 Å². The van der Waals surface area contributed by atoms with Crippen LogP contribution in [0.1, 0.15) is 24.0 Å². The standard InChI is InChI=1S/C13H17NO3S/c1-10-5-6-11(2)13(8-10)18(16,17)14-7-3-4-12(15)9-14/h5-6,8H,3-4,7,9H2,1-2H3. The minimum Gasteiger partial charge on any atom is -0.298 e. The van der Waals surface area contributed by atoms with Crippen LogP contribution in [-0.4, -0.2) is 31.6 Å². The molecule has 0 aliphatic carbocycles. The fraction of sp³-hybridized carbons (Fsp3) is 0.462. The molecule has 0 aromatic heterocycles. The number of benzene rings is 1. The molecule has 18 heavy (non-hydrogen) atoms. The van der Waals surface area contributed by atoms with Crippen molar-refractivity contribution in [2.45, 2.75) is 31.6 Å². The molecular weight excluding hydrogens is 250 g/mol. The molecular formula is C13H17NO3S. The predicted molar refractivity (Wildman–Crippen MR) is 68.9 cm³/mol. The summed E-state index contributed by atoms with van der Waals surface area (Å²) >= 11 is 0. The lowest BCUT2D eigenvalue weighted by molar-refractivity contribution is -0.120. The molecule has 0 amide bonds. The van der Waals surface area contributed by atoms with Crippen LogP contribution in [0, 0.1) is 13.8 Å². The zero-order valence-corrected chi connectivity index (χ0v) is 11.5. The predicted octanol–water partition coefficient (Wildman–Crippen LogP) is 1.66. The van der Waals surface area contributed by atoms with E-state index in [1.807, 2.05) is 13.0 Å². The smallest absolute Gasteiger partial charge is 0.243 e. The lowest BCUT2D eigenvalue weighted by Crippen LogP contribution is -2.40. The number of carbonyl (C=O) groups excluding carboxylic acids is 1. The second kappa shape index (κ2) is 4.82. The van der Waals surface area contributed by atoms with Crippen molar-refractivity contribution >= 4 is 15.8 Å². The van der Waals surface area contributed by atoms with Crippen molar-refractivity contribution in [1.82, 2.24) is 4.31 Å². The van der Waals surface area contributed by atoms with Crippen LogP contribution in [-0.2, 0) is 14.8 Å². The first-order valence-electron chi connectivity index (χ1n) is 6.00. The minimum absolute atomic E-state index is 0.00451. The van der Waals surface area contributed by atoms with E-state index in [-0.39, 0.29) is 12.3 Å². The number of ketones is 1. The number of carbonyl (C=O) groups is 1. The third-order valence-corrected chi connectivity index (χ3v) is 5.16. The molecule has 0 atom stereocenters. The molecule has 1 aliphatic heterocycles. The van der Waals surface area contributed by atoms with Gasteiger partial charge in [-0.1, -0.05) is 12.1 Å². The Morgan fingerprint density at radius 2 is 1.94 bits per heavy atom. The number of rotatable bonds is 2. The van der Waals surface area contributed by atoms with Gasteiger partial charge in [0.25, 0.3) is 0 Å². The molecule has 1 aromatic carbocycles. The number of hydrogen-bond donors (Lipinski definition) is 0.